The third kappa shape index (κ3) is 2.84. The average Bonchev–Trinajstić information content (AvgIpc) is 3.15. The van der Waals surface area contributed by atoms with Crippen molar-refractivity contribution in [3.05, 3.63) is 35.4 Å². The van der Waals surface area contributed by atoms with Gasteiger partial charge in [0, 0.05) is 25.0 Å². The highest BCUT2D eigenvalue weighted by Crippen LogP contribution is 2.49. The van der Waals surface area contributed by atoms with E-state index < -0.39 is 11.7 Å². The van der Waals surface area contributed by atoms with Gasteiger partial charge in [0.2, 0.25) is 5.91 Å². The monoisotopic (exact) mass is 312 g/mol. The van der Waals surface area contributed by atoms with Gasteiger partial charge in [-0.2, -0.15) is 13.2 Å². The van der Waals surface area contributed by atoms with Crippen LogP contribution >= 0.6 is 0 Å². The molecule has 120 valence electrons. The first kappa shape index (κ1) is 15.3. The van der Waals surface area contributed by atoms with Crippen LogP contribution in [0.4, 0.5) is 13.2 Å². The van der Waals surface area contributed by atoms with Crippen molar-refractivity contribution < 1.29 is 18.0 Å². The number of carbonyl (C=O) groups is 1. The Morgan fingerprint density at radius 3 is 2.55 bits per heavy atom. The lowest BCUT2D eigenvalue weighted by Crippen LogP contribution is -2.40. The summed E-state index contributed by atoms with van der Waals surface area (Å²) in [5, 5.41) is 0. The summed E-state index contributed by atoms with van der Waals surface area (Å²) in [5.74, 6) is 0.0653. The van der Waals surface area contributed by atoms with Crippen molar-refractivity contribution in [1.29, 1.82) is 0 Å². The Morgan fingerprint density at radius 1 is 1.27 bits per heavy atom. The van der Waals surface area contributed by atoms with Gasteiger partial charge in [-0.05, 0) is 42.9 Å². The van der Waals surface area contributed by atoms with Gasteiger partial charge in [0.25, 0.3) is 0 Å². The zero-order valence-corrected chi connectivity index (χ0v) is 12.1. The Bertz CT molecular complexity index is 556. The molecule has 3 atom stereocenters. The molecule has 1 amide bonds. The third-order valence-electron chi connectivity index (χ3n) is 4.71. The number of hydrogen-bond donors (Lipinski definition) is 1. The van der Waals surface area contributed by atoms with Crippen LogP contribution in [0.25, 0.3) is 0 Å². The standard InChI is InChI=1S/C16H19F3N2O/c17-16(18,19)11-5-3-10(4-6-11)13-8-14(13)15(22)21-7-1-2-12(21)9-20/h3-6,12-14H,1-2,7-9,20H2. The molecule has 1 heterocycles. The molecular weight excluding hydrogens is 293 g/mol. The number of likely N-dealkylation sites (tertiary alicyclic amines) is 1. The summed E-state index contributed by atoms with van der Waals surface area (Å²) in [5.41, 5.74) is 5.85. The third-order valence-corrected chi connectivity index (χ3v) is 4.71. The van der Waals surface area contributed by atoms with Crippen LogP contribution in [-0.2, 0) is 11.0 Å². The minimum Gasteiger partial charge on any atom is -0.338 e. The molecule has 0 aromatic heterocycles. The number of nitrogens with zero attached hydrogens (tertiary/aromatic N) is 1. The molecular formula is C16H19F3N2O. The van der Waals surface area contributed by atoms with Gasteiger partial charge in [-0.3, -0.25) is 4.79 Å². The number of benzene rings is 1. The SMILES string of the molecule is NCC1CCCN1C(=O)C1CC1c1ccc(C(F)(F)F)cc1. The average molecular weight is 312 g/mol. The number of nitrogens with two attached hydrogens (primary N) is 1. The molecule has 1 saturated heterocycles. The van der Waals surface area contributed by atoms with Crippen molar-refractivity contribution in [3.63, 3.8) is 0 Å². The summed E-state index contributed by atoms with van der Waals surface area (Å²) < 4.78 is 37.7. The van der Waals surface area contributed by atoms with E-state index in [1.165, 1.54) is 12.1 Å². The molecule has 6 heteroatoms. The lowest BCUT2D eigenvalue weighted by atomic mass is 10.1. The van der Waals surface area contributed by atoms with Gasteiger partial charge in [-0.1, -0.05) is 12.1 Å². The van der Waals surface area contributed by atoms with Crippen LogP contribution in [0, 0.1) is 5.92 Å². The lowest BCUT2D eigenvalue weighted by Gasteiger charge is -2.23. The highest BCUT2D eigenvalue weighted by Gasteiger charge is 2.47. The molecule has 1 aromatic carbocycles. The highest BCUT2D eigenvalue weighted by atomic mass is 19.4. The van der Waals surface area contributed by atoms with Crippen molar-refractivity contribution in [2.75, 3.05) is 13.1 Å². The summed E-state index contributed by atoms with van der Waals surface area (Å²) in [4.78, 5) is 14.3. The quantitative estimate of drug-likeness (QED) is 0.933. The lowest BCUT2D eigenvalue weighted by molar-refractivity contribution is -0.137. The highest BCUT2D eigenvalue weighted by molar-refractivity contribution is 5.83. The van der Waals surface area contributed by atoms with E-state index >= 15 is 0 Å². The fourth-order valence-electron chi connectivity index (χ4n) is 3.34. The number of rotatable bonds is 3. The van der Waals surface area contributed by atoms with Gasteiger partial charge in [0.1, 0.15) is 0 Å². The van der Waals surface area contributed by atoms with E-state index in [2.05, 4.69) is 0 Å². The predicted molar refractivity (Wildman–Crippen MR) is 76.1 cm³/mol. The van der Waals surface area contributed by atoms with E-state index in [0.717, 1.165) is 43.5 Å². The van der Waals surface area contributed by atoms with Crippen LogP contribution in [0.1, 0.15) is 36.3 Å². The van der Waals surface area contributed by atoms with Crippen molar-refractivity contribution >= 4 is 5.91 Å². The number of carbonyl (C=O) groups excluding carboxylic acids is 1. The smallest absolute Gasteiger partial charge is 0.338 e. The van der Waals surface area contributed by atoms with E-state index in [1.54, 1.807) is 0 Å². The normalized spacial score (nSPS) is 28.0. The molecule has 2 aliphatic rings. The summed E-state index contributed by atoms with van der Waals surface area (Å²) in [6.45, 7) is 1.22. The van der Waals surface area contributed by atoms with Crippen LogP contribution in [0.5, 0.6) is 0 Å². The maximum atomic E-state index is 12.6. The second-order valence-electron chi connectivity index (χ2n) is 6.13. The number of amides is 1. The van der Waals surface area contributed by atoms with Crippen molar-refractivity contribution in [1.82, 2.24) is 4.90 Å². The molecule has 1 saturated carbocycles. The van der Waals surface area contributed by atoms with Gasteiger partial charge in [0.05, 0.1) is 5.56 Å². The number of halogens is 3. The molecule has 0 spiro atoms. The molecule has 2 fully saturated rings. The molecule has 0 bridgehead atoms. The Hall–Kier alpha value is -1.56. The first-order valence-electron chi connectivity index (χ1n) is 7.59. The van der Waals surface area contributed by atoms with Crippen molar-refractivity contribution in [2.24, 2.45) is 11.7 Å². The summed E-state index contributed by atoms with van der Waals surface area (Å²) in [6, 6.07) is 5.29. The number of hydrogen-bond acceptors (Lipinski definition) is 2. The molecule has 3 rings (SSSR count). The first-order chi connectivity index (χ1) is 10.4. The fraction of sp³-hybridized carbons (Fsp3) is 0.562. The Labute approximate surface area is 127 Å². The Morgan fingerprint density at radius 2 is 1.95 bits per heavy atom. The molecule has 22 heavy (non-hydrogen) atoms. The van der Waals surface area contributed by atoms with Crippen LogP contribution in [0.15, 0.2) is 24.3 Å². The number of alkyl halides is 3. The molecule has 1 aliphatic carbocycles. The van der Waals surface area contributed by atoms with E-state index in [4.69, 9.17) is 5.73 Å². The second-order valence-corrected chi connectivity index (χ2v) is 6.13. The van der Waals surface area contributed by atoms with Crippen LogP contribution in [0.2, 0.25) is 0 Å². The maximum absolute atomic E-state index is 12.6. The van der Waals surface area contributed by atoms with E-state index in [9.17, 15) is 18.0 Å². The second kappa shape index (κ2) is 5.57. The van der Waals surface area contributed by atoms with Gasteiger partial charge in [-0.15, -0.1) is 0 Å². The van der Waals surface area contributed by atoms with Crippen molar-refractivity contribution in [3.8, 4) is 0 Å². The predicted octanol–water partition coefficient (Wildman–Crippen LogP) is 2.76. The molecule has 3 nitrogen and oxygen atoms in total. The zero-order chi connectivity index (χ0) is 15.9. The van der Waals surface area contributed by atoms with Gasteiger partial charge in [0.15, 0.2) is 0 Å². The zero-order valence-electron chi connectivity index (χ0n) is 12.1. The van der Waals surface area contributed by atoms with Gasteiger partial charge in [-0.25, -0.2) is 0 Å². The van der Waals surface area contributed by atoms with Crippen LogP contribution < -0.4 is 5.73 Å². The minimum absolute atomic E-state index is 0.0498. The van der Waals surface area contributed by atoms with Crippen molar-refractivity contribution in [2.45, 2.75) is 37.4 Å². The van der Waals surface area contributed by atoms with E-state index in [0.29, 0.717) is 6.54 Å². The minimum atomic E-state index is -4.32. The fourth-order valence-corrected chi connectivity index (χ4v) is 3.34. The van der Waals surface area contributed by atoms with Crippen LogP contribution in [-0.4, -0.2) is 29.9 Å². The molecule has 1 aromatic rings. The van der Waals surface area contributed by atoms with E-state index in [-0.39, 0.29) is 23.8 Å². The Balaban J connectivity index is 1.65. The van der Waals surface area contributed by atoms with Gasteiger partial charge >= 0.3 is 6.18 Å². The molecule has 1 aliphatic heterocycles. The molecule has 2 N–H and O–H groups in total. The van der Waals surface area contributed by atoms with Crippen LogP contribution in [0.3, 0.4) is 0 Å². The summed E-state index contributed by atoms with van der Waals surface area (Å²) in [6.07, 6.45) is -1.68. The summed E-state index contributed by atoms with van der Waals surface area (Å²) in [7, 11) is 0. The topological polar surface area (TPSA) is 46.3 Å². The molecule has 0 radical (unpaired) electrons. The van der Waals surface area contributed by atoms with Gasteiger partial charge < -0.3 is 10.6 Å². The summed E-state index contributed by atoms with van der Waals surface area (Å²) >= 11 is 0. The van der Waals surface area contributed by atoms with E-state index in [1.807, 2.05) is 4.90 Å². The largest absolute Gasteiger partial charge is 0.416 e. The first-order valence-corrected chi connectivity index (χ1v) is 7.59. The Kier molecular flexibility index (Phi) is 3.89. The molecule has 3 unspecified atom stereocenters. The maximum Gasteiger partial charge on any atom is 0.416 e.